The van der Waals surface area contributed by atoms with E-state index in [1.54, 1.807) is 10.9 Å². The molecule has 0 atom stereocenters. The van der Waals surface area contributed by atoms with Gasteiger partial charge in [-0.3, -0.25) is 4.68 Å². The topological polar surface area (TPSA) is 57.9 Å². The normalized spacial score (nSPS) is 12.0. The molecule has 5 nitrogen and oxygen atoms in total. The minimum atomic E-state index is -1.69. The third-order valence-electron chi connectivity index (χ3n) is 4.51. The van der Waals surface area contributed by atoms with Gasteiger partial charge in [0, 0.05) is 30.4 Å². The Bertz CT molecular complexity index is 1090. The molecular formula is C20H21N3O2Si. The van der Waals surface area contributed by atoms with Gasteiger partial charge >= 0.3 is 0 Å². The van der Waals surface area contributed by atoms with Crippen molar-refractivity contribution in [2.24, 2.45) is 7.05 Å². The molecule has 0 unspecified atom stereocenters. The molecule has 4 rings (SSSR count). The predicted molar refractivity (Wildman–Crippen MR) is 106 cm³/mol. The molecule has 0 saturated carbocycles. The van der Waals surface area contributed by atoms with Crippen molar-refractivity contribution >= 4 is 24.6 Å². The molecule has 0 bridgehead atoms. The summed E-state index contributed by atoms with van der Waals surface area (Å²) in [6.07, 6.45) is 5.41. The van der Waals surface area contributed by atoms with E-state index in [1.807, 2.05) is 55.8 Å². The monoisotopic (exact) mass is 363 g/mol. The minimum Gasteiger partial charge on any atom is -0.618 e. The molecule has 0 aliphatic carbocycles. The summed E-state index contributed by atoms with van der Waals surface area (Å²) in [5.41, 5.74) is 4.87. The average molecular weight is 363 g/mol. The van der Waals surface area contributed by atoms with Crippen molar-refractivity contribution < 1.29 is 9.15 Å². The van der Waals surface area contributed by atoms with Crippen LogP contribution in [0, 0.1) is 5.21 Å². The van der Waals surface area contributed by atoms with E-state index in [1.165, 1.54) is 0 Å². The zero-order valence-corrected chi connectivity index (χ0v) is 16.4. The summed E-state index contributed by atoms with van der Waals surface area (Å²) in [5, 5.41) is 18.0. The Morgan fingerprint density at radius 2 is 1.85 bits per heavy atom. The van der Waals surface area contributed by atoms with Gasteiger partial charge in [-0.15, -0.1) is 0 Å². The third kappa shape index (κ3) is 2.72. The van der Waals surface area contributed by atoms with Crippen molar-refractivity contribution in [3.63, 3.8) is 0 Å². The van der Waals surface area contributed by atoms with E-state index < -0.39 is 8.07 Å². The maximum absolute atomic E-state index is 12.8. The maximum Gasteiger partial charge on any atom is 0.263 e. The van der Waals surface area contributed by atoms with Gasteiger partial charge in [0.15, 0.2) is 6.20 Å². The fourth-order valence-corrected chi connectivity index (χ4v) is 4.12. The highest BCUT2D eigenvalue weighted by molar-refractivity contribution is 6.87. The van der Waals surface area contributed by atoms with E-state index >= 15 is 0 Å². The molecule has 4 aromatic rings. The van der Waals surface area contributed by atoms with Crippen molar-refractivity contribution in [1.82, 2.24) is 9.78 Å². The lowest BCUT2D eigenvalue weighted by molar-refractivity contribution is -0.576. The number of benzene rings is 1. The lowest BCUT2D eigenvalue weighted by Crippen LogP contribution is -2.36. The van der Waals surface area contributed by atoms with Gasteiger partial charge in [-0.2, -0.15) is 9.83 Å². The van der Waals surface area contributed by atoms with Gasteiger partial charge in [-0.25, -0.2) is 0 Å². The van der Waals surface area contributed by atoms with E-state index in [2.05, 4.69) is 24.7 Å². The molecule has 6 heteroatoms. The number of hydrogen-bond acceptors (Lipinski definition) is 3. The quantitative estimate of drug-likeness (QED) is 0.317. The Balaban J connectivity index is 2.11. The van der Waals surface area contributed by atoms with E-state index in [4.69, 9.17) is 4.42 Å². The molecule has 3 heterocycles. The second-order valence-corrected chi connectivity index (χ2v) is 12.6. The maximum atomic E-state index is 12.8. The number of hydrogen-bond donors (Lipinski definition) is 0. The summed E-state index contributed by atoms with van der Waals surface area (Å²) in [6, 6.07) is 11.8. The lowest BCUT2D eigenvalue weighted by Gasteiger charge is -2.11. The van der Waals surface area contributed by atoms with E-state index in [0.717, 1.165) is 32.4 Å². The number of furan rings is 1. The van der Waals surface area contributed by atoms with Crippen molar-refractivity contribution in [1.29, 1.82) is 0 Å². The molecule has 0 radical (unpaired) electrons. The van der Waals surface area contributed by atoms with Crippen molar-refractivity contribution in [3.8, 4) is 22.3 Å². The molecule has 0 fully saturated rings. The van der Waals surface area contributed by atoms with Crippen LogP contribution in [0.3, 0.4) is 0 Å². The number of nitrogens with zero attached hydrogens (tertiary/aromatic N) is 3. The molecule has 0 spiro atoms. The highest BCUT2D eigenvalue weighted by Gasteiger charge is 2.28. The fourth-order valence-electron chi connectivity index (χ4n) is 3.14. The number of pyridine rings is 1. The zero-order chi connectivity index (χ0) is 18.5. The van der Waals surface area contributed by atoms with Crippen LogP contribution >= 0.6 is 0 Å². The molecule has 0 saturated heterocycles. The van der Waals surface area contributed by atoms with Crippen molar-refractivity contribution in [2.45, 2.75) is 19.6 Å². The van der Waals surface area contributed by atoms with Crippen LogP contribution < -0.4 is 10.1 Å². The molecule has 132 valence electrons. The molecule has 0 amide bonds. The van der Waals surface area contributed by atoms with Gasteiger partial charge < -0.3 is 9.62 Å². The zero-order valence-electron chi connectivity index (χ0n) is 15.4. The summed E-state index contributed by atoms with van der Waals surface area (Å²) >= 11 is 0. The first kappa shape index (κ1) is 16.6. The smallest absolute Gasteiger partial charge is 0.263 e. The average Bonchev–Trinajstić information content (AvgIpc) is 3.22. The standard InChI is InChI=1S/C20H21N3O2Si/c1-22-12-15(11-21-22)19-16(14-8-6-5-7-9-14)13-23(24)17-10-18(25-20(17)19)26(2,3)4/h5-13H,1-4H3. The van der Waals surface area contributed by atoms with Gasteiger partial charge in [0.1, 0.15) is 8.07 Å². The summed E-state index contributed by atoms with van der Waals surface area (Å²) in [5.74, 6) is 0. The third-order valence-corrected chi connectivity index (χ3v) is 6.23. The fraction of sp³-hybridized carbons (Fsp3) is 0.200. The molecule has 3 aromatic heterocycles. The Labute approximate surface area is 153 Å². The van der Waals surface area contributed by atoms with Crippen LogP contribution in [0.5, 0.6) is 0 Å². The Morgan fingerprint density at radius 1 is 1.12 bits per heavy atom. The number of aryl methyl sites for hydroxylation is 1. The number of fused-ring (bicyclic) bond motifs is 1. The molecule has 0 aliphatic rings. The van der Waals surface area contributed by atoms with Crippen LogP contribution in [0.25, 0.3) is 33.4 Å². The Hall–Kier alpha value is -2.86. The first-order valence-electron chi connectivity index (χ1n) is 8.59. The first-order valence-corrected chi connectivity index (χ1v) is 12.1. The summed E-state index contributed by atoms with van der Waals surface area (Å²) in [4.78, 5) is 0. The predicted octanol–water partition coefficient (Wildman–Crippen LogP) is 3.68. The molecule has 0 N–H and O–H groups in total. The highest BCUT2D eigenvalue weighted by atomic mass is 28.3. The van der Waals surface area contributed by atoms with Gasteiger partial charge in [-0.1, -0.05) is 50.0 Å². The molecule has 26 heavy (non-hydrogen) atoms. The van der Waals surface area contributed by atoms with Gasteiger partial charge in [0.05, 0.1) is 17.1 Å². The van der Waals surface area contributed by atoms with E-state index in [9.17, 15) is 5.21 Å². The second kappa shape index (κ2) is 5.84. The van der Waals surface area contributed by atoms with E-state index in [-0.39, 0.29) is 0 Å². The first-order chi connectivity index (χ1) is 12.3. The largest absolute Gasteiger partial charge is 0.618 e. The van der Waals surface area contributed by atoms with Gasteiger partial charge in [-0.05, 0) is 5.56 Å². The van der Waals surface area contributed by atoms with Crippen molar-refractivity contribution in [3.05, 3.63) is 60.2 Å². The van der Waals surface area contributed by atoms with Crippen molar-refractivity contribution in [2.75, 3.05) is 0 Å². The Morgan fingerprint density at radius 3 is 2.46 bits per heavy atom. The number of aromatic nitrogens is 3. The van der Waals surface area contributed by atoms with Gasteiger partial charge in [0.2, 0.25) is 5.58 Å². The summed E-state index contributed by atoms with van der Waals surface area (Å²) < 4.78 is 8.96. The minimum absolute atomic E-state index is 0.570. The second-order valence-electron chi connectivity index (χ2n) is 7.59. The summed E-state index contributed by atoms with van der Waals surface area (Å²) in [7, 11) is 0.190. The molecular weight excluding hydrogens is 342 g/mol. The van der Waals surface area contributed by atoms with Crippen LogP contribution in [-0.2, 0) is 7.05 Å². The van der Waals surface area contributed by atoms with Crippen LogP contribution in [0.15, 0.2) is 59.4 Å². The Kier molecular flexibility index (Phi) is 3.73. The lowest BCUT2D eigenvalue weighted by atomic mass is 9.97. The molecule has 0 aliphatic heterocycles. The van der Waals surface area contributed by atoms with Crippen LogP contribution in [0.4, 0.5) is 0 Å². The number of rotatable bonds is 3. The van der Waals surface area contributed by atoms with Crippen LogP contribution in [-0.4, -0.2) is 17.9 Å². The summed E-state index contributed by atoms with van der Waals surface area (Å²) in [6.45, 7) is 6.63. The highest BCUT2D eigenvalue weighted by Crippen LogP contribution is 2.36. The van der Waals surface area contributed by atoms with Crippen LogP contribution in [0.1, 0.15) is 0 Å². The van der Waals surface area contributed by atoms with Crippen LogP contribution in [0.2, 0.25) is 19.6 Å². The molecule has 1 aromatic carbocycles. The SMILES string of the molecule is Cn1cc(-c2c(-c3ccccc3)c[n+]([O-])c3cc([Si](C)(C)C)oc23)cn1. The van der Waals surface area contributed by atoms with Gasteiger partial charge in [0.25, 0.3) is 5.52 Å². The van der Waals surface area contributed by atoms with E-state index in [0.29, 0.717) is 11.1 Å².